The Balaban J connectivity index is 2.41. The number of aryl methyl sites for hydroxylation is 1. The lowest BCUT2D eigenvalue weighted by atomic mass is 10.2. The number of hydrogen-bond donors (Lipinski definition) is 2. The predicted octanol–water partition coefficient (Wildman–Crippen LogP) is 0.133. The first-order valence-electron chi connectivity index (χ1n) is 3.46. The Hall–Kier alpha value is -0.800. The van der Waals surface area contributed by atoms with Crippen LogP contribution in [0.5, 0.6) is 0 Å². The van der Waals surface area contributed by atoms with Gasteiger partial charge in [-0.3, -0.25) is 10.9 Å². The molecule has 0 amide bonds. The van der Waals surface area contributed by atoms with Crippen molar-refractivity contribution in [2.24, 2.45) is 7.05 Å². The Morgan fingerprint density at radius 1 is 1.20 bits per heavy atom. The van der Waals surface area contributed by atoms with Crippen molar-refractivity contribution < 1.29 is 0 Å². The Morgan fingerprint density at radius 3 is 2.20 bits per heavy atom. The first kappa shape index (κ1) is 5.95. The van der Waals surface area contributed by atoms with Crippen molar-refractivity contribution in [3.05, 3.63) is 23.5 Å². The highest BCUT2D eigenvalue weighted by Gasteiger charge is 2.08. The second-order valence-electron chi connectivity index (χ2n) is 2.68. The van der Waals surface area contributed by atoms with Crippen molar-refractivity contribution in [2.45, 2.75) is 13.1 Å². The van der Waals surface area contributed by atoms with Crippen LogP contribution < -0.4 is 10.9 Å². The van der Waals surface area contributed by atoms with Crippen molar-refractivity contribution in [3.8, 4) is 0 Å². The Labute approximate surface area is 60.0 Å². The van der Waals surface area contributed by atoms with Crippen LogP contribution in [0.1, 0.15) is 11.1 Å². The summed E-state index contributed by atoms with van der Waals surface area (Å²) >= 11 is 0. The average molecular weight is 137 g/mol. The molecule has 0 spiro atoms. The minimum atomic E-state index is 0.941. The number of aromatic nitrogens is 1. The molecule has 3 nitrogen and oxygen atoms in total. The fraction of sp³-hybridized carbons (Fsp3) is 0.429. The van der Waals surface area contributed by atoms with Gasteiger partial charge >= 0.3 is 0 Å². The molecule has 2 N–H and O–H groups in total. The molecule has 1 aromatic rings. The normalized spacial score (nSPS) is 16.9. The monoisotopic (exact) mass is 137 g/mol. The van der Waals surface area contributed by atoms with Gasteiger partial charge in [-0.2, -0.15) is 0 Å². The highest BCUT2D eigenvalue weighted by Crippen LogP contribution is 2.11. The lowest BCUT2D eigenvalue weighted by Gasteiger charge is -2.12. The van der Waals surface area contributed by atoms with Crippen molar-refractivity contribution in [1.82, 2.24) is 15.4 Å². The molecule has 0 saturated carbocycles. The minimum Gasteiger partial charge on any atom is -0.357 e. The fourth-order valence-electron chi connectivity index (χ4n) is 1.33. The molecule has 0 aliphatic carbocycles. The van der Waals surface area contributed by atoms with E-state index in [2.05, 4.69) is 34.9 Å². The molecule has 1 aliphatic rings. The zero-order valence-electron chi connectivity index (χ0n) is 6.02. The lowest BCUT2D eigenvalue weighted by molar-refractivity contribution is 0.498. The number of nitrogens with zero attached hydrogens (tertiary/aromatic N) is 1. The zero-order valence-corrected chi connectivity index (χ0v) is 6.02. The first-order valence-corrected chi connectivity index (χ1v) is 3.46. The molecule has 0 atom stereocenters. The summed E-state index contributed by atoms with van der Waals surface area (Å²) in [5, 5.41) is 0. The third-order valence-corrected chi connectivity index (χ3v) is 1.81. The number of hydrogen-bond acceptors (Lipinski definition) is 2. The van der Waals surface area contributed by atoms with Gasteiger partial charge in [0.1, 0.15) is 0 Å². The molecule has 2 heterocycles. The Kier molecular flexibility index (Phi) is 1.25. The fourth-order valence-corrected chi connectivity index (χ4v) is 1.33. The van der Waals surface area contributed by atoms with Crippen LogP contribution in [0.2, 0.25) is 0 Å². The van der Waals surface area contributed by atoms with Crippen LogP contribution in [0.3, 0.4) is 0 Å². The van der Waals surface area contributed by atoms with Crippen LogP contribution in [0.15, 0.2) is 12.4 Å². The Morgan fingerprint density at radius 2 is 1.70 bits per heavy atom. The van der Waals surface area contributed by atoms with Crippen molar-refractivity contribution in [1.29, 1.82) is 0 Å². The van der Waals surface area contributed by atoms with Gasteiger partial charge in [0.25, 0.3) is 0 Å². The molecule has 0 aromatic carbocycles. The molecular formula is C7H11N3. The quantitative estimate of drug-likeness (QED) is 0.532. The van der Waals surface area contributed by atoms with Crippen LogP contribution in [0.25, 0.3) is 0 Å². The molecule has 0 bridgehead atoms. The third-order valence-electron chi connectivity index (χ3n) is 1.81. The van der Waals surface area contributed by atoms with E-state index < -0.39 is 0 Å². The molecule has 1 aromatic heterocycles. The maximum Gasteiger partial charge on any atom is 0.0369 e. The molecule has 10 heavy (non-hydrogen) atoms. The summed E-state index contributed by atoms with van der Waals surface area (Å²) in [7, 11) is 2.05. The van der Waals surface area contributed by atoms with E-state index in [9.17, 15) is 0 Å². The minimum absolute atomic E-state index is 0.941. The van der Waals surface area contributed by atoms with Crippen LogP contribution in [0.4, 0.5) is 0 Å². The maximum atomic E-state index is 3.09. The van der Waals surface area contributed by atoms with E-state index >= 15 is 0 Å². The first-order chi connectivity index (χ1) is 4.86. The van der Waals surface area contributed by atoms with Crippen LogP contribution in [-0.2, 0) is 20.1 Å². The molecule has 0 radical (unpaired) electrons. The summed E-state index contributed by atoms with van der Waals surface area (Å²) in [5.74, 6) is 0. The van der Waals surface area contributed by atoms with E-state index in [1.165, 1.54) is 11.1 Å². The van der Waals surface area contributed by atoms with Gasteiger partial charge in [0.2, 0.25) is 0 Å². The zero-order chi connectivity index (χ0) is 6.97. The largest absolute Gasteiger partial charge is 0.357 e. The second kappa shape index (κ2) is 2.11. The highest BCUT2D eigenvalue weighted by molar-refractivity contribution is 5.25. The SMILES string of the molecule is Cn1cc2c(c1)CNNC2. The summed E-state index contributed by atoms with van der Waals surface area (Å²) in [4.78, 5) is 0. The van der Waals surface area contributed by atoms with Gasteiger partial charge < -0.3 is 4.57 Å². The topological polar surface area (TPSA) is 29.0 Å². The van der Waals surface area contributed by atoms with E-state index in [0.29, 0.717) is 0 Å². The predicted molar refractivity (Wildman–Crippen MR) is 39.1 cm³/mol. The van der Waals surface area contributed by atoms with Crippen molar-refractivity contribution in [3.63, 3.8) is 0 Å². The average Bonchev–Trinajstić information content (AvgIpc) is 2.27. The molecule has 0 saturated heterocycles. The van der Waals surface area contributed by atoms with Gasteiger partial charge in [-0.15, -0.1) is 0 Å². The summed E-state index contributed by atoms with van der Waals surface area (Å²) in [6.07, 6.45) is 4.31. The molecular weight excluding hydrogens is 126 g/mol. The molecule has 0 unspecified atom stereocenters. The molecule has 3 heteroatoms. The van der Waals surface area contributed by atoms with Gasteiger partial charge in [0, 0.05) is 32.5 Å². The summed E-state index contributed by atoms with van der Waals surface area (Å²) < 4.78 is 2.10. The Bertz CT molecular complexity index is 215. The number of rotatable bonds is 0. The van der Waals surface area contributed by atoms with E-state index in [1.54, 1.807) is 0 Å². The van der Waals surface area contributed by atoms with E-state index in [4.69, 9.17) is 0 Å². The van der Waals surface area contributed by atoms with Gasteiger partial charge in [-0.25, -0.2) is 0 Å². The number of nitrogens with one attached hydrogen (secondary N) is 2. The van der Waals surface area contributed by atoms with E-state index in [0.717, 1.165) is 13.1 Å². The lowest BCUT2D eigenvalue weighted by Crippen LogP contribution is -2.34. The van der Waals surface area contributed by atoms with Crippen molar-refractivity contribution in [2.75, 3.05) is 0 Å². The standard InChI is InChI=1S/C7H11N3/c1-10-4-6-2-8-9-3-7(6)5-10/h4-5,8-9H,2-3H2,1H3. The smallest absolute Gasteiger partial charge is 0.0369 e. The van der Waals surface area contributed by atoms with Gasteiger partial charge in [0.15, 0.2) is 0 Å². The second-order valence-corrected chi connectivity index (χ2v) is 2.68. The van der Waals surface area contributed by atoms with Gasteiger partial charge in [-0.05, 0) is 11.1 Å². The molecule has 0 fully saturated rings. The van der Waals surface area contributed by atoms with Gasteiger partial charge in [-0.1, -0.05) is 0 Å². The maximum absolute atomic E-state index is 3.09. The van der Waals surface area contributed by atoms with E-state index in [-0.39, 0.29) is 0 Å². The van der Waals surface area contributed by atoms with Crippen molar-refractivity contribution >= 4 is 0 Å². The van der Waals surface area contributed by atoms with Gasteiger partial charge in [0.05, 0.1) is 0 Å². The third kappa shape index (κ3) is 0.836. The summed E-state index contributed by atoms with van der Waals surface area (Å²) in [6, 6.07) is 0. The van der Waals surface area contributed by atoms with Crippen LogP contribution >= 0.6 is 0 Å². The van der Waals surface area contributed by atoms with E-state index in [1.807, 2.05) is 0 Å². The van der Waals surface area contributed by atoms with Crippen LogP contribution in [0, 0.1) is 0 Å². The number of fused-ring (bicyclic) bond motifs is 1. The summed E-state index contributed by atoms with van der Waals surface area (Å²) in [5.41, 5.74) is 8.99. The molecule has 1 aliphatic heterocycles. The highest BCUT2D eigenvalue weighted by atomic mass is 15.4. The van der Waals surface area contributed by atoms with Crippen LogP contribution in [-0.4, -0.2) is 4.57 Å². The number of hydrazine groups is 1. The molecule has 54 valence electrons. The molecule has 2 rings (SSSR count). The summed E-state index contributed by atoms with van der Waals surface area (Å²) in [6.45, 7) is 1.88.